The molecule has 2 aromatic heterocycles. The number of nitrogens with one attached hydrogen (secondary N) is 2. The first kappa shape index (κ1) is 15.5. The highest BCUT2D eigenvalue weighted by molar-refractivity contribution is 9.10. The molecule has 112 valence electrons. The Kier molecular flexibility index (Phi) is 4.62. The zero-order chi connectivity index (χ0) is 15.6. The van der Waals surface area contributed by atoms with E-state index in [4.69, 9.17) is 0 Å². The number of aryl methyl sites for hydroxylation is 2. The van der Waals surface area contributed by atoms with Crippen molar-refractivity contribution in [1.82, 2.24) is 20.0 Å². The minimum absolute atomic E-state index is 0.116. The molecule has 0 saturated carbocycles. The molecule has 0 aliphatic carbocycles. The first-order valence-corrected chi connectivity index (χ1v) is 7.37. The van der Waals surface area contributed by atoms with Gasteiger partial charge in [-0.15, -0.1) is 0 Å². The molecule has 7 heteroatoms. The maximum atomic E-state index is 12.3. The number of imidazole rings is 1. The number of carbonyl (C=O) groups is 2. The van der Waals surface area contributed by atoms with Crippen molar-refractivity contribution in [3.63, 3.8) is 0 Å². The summed E-state index contributed by atoms with van der Waals surface area (Å²) in [6.45, 7) is 5.97. The Morgan fingerprint density at radius 3 is 2.62 bits per heavy atom. The van der Waals surface area contributed by atoms with Gasteiger partial charge in [0.15, 0.2) is 0 Å². The number of hydrogen-bond acceptors (Lipinski definition) is 3. The molecule has 0 fully saturated rings. The number of fused-ring (bicyclic) bond motifs is 1. The molecular weight excluding hydrogens is 336 g/mol. The maximum absolute atomic E-state index is 12.3. The molecule has 2 rings (SSSR count). The van der Waals surface area contributed by atoms with Gasteiger partial charge in [0.25, 0.3) is 5.91 Å². The average Bonchev–Trinajstić information content (AvgIpc) is 2.71. The molecule has 6 nitrogen and oxygen atoms in total. The number of aromatic nitrogens is 2. The van der Waals surface area contributed by atoms with E-state index < -0.39 is 0 Å². The molecule has 0 atom stereocenters. The Morgan fingerprint density at radius 2 is 1.95 bits per heavy atom. The van der Waals surface area contributed by atoms with Crippen LogP contribution in [0.15, 0.2) is 16.7 Å². The van der Waals surface area contributed by atoms with E-state index in [1.807, 2.05) is 26.1 Å². The maximum Gasteiger partial charge on any atom is 0.270 e. The fourth-order valence-electron chi connectivity index (χ4n) is 2.15. The first-order chi connectivity index (χ1) is 9.90. The second-order valence-corrected chi connectivity index (χ2v) is 5.74. The van der Waals surface area contributed by atoms with Crippen molar-refractivity contribution in [2.45, 2.75) is 20.8 Å². The Hall–Kier alpha value is -1.89. The predicted octanol–water partition coefficient (Wildman–Crippen LogP) is 1.58. The highest BCUT2D eigenvalue weighted by Crippen LogP contribution is 2.20. The summed E-state index contributed by atoms with van der Waals surface area (Å²) in [6.07, 6.45) is 1.82. The number of hydrogen-bond donors (Lipinski definition) is 2. The topological polar surface area (TPSA) is 75.5 Å². The van der Waals surface area contributed by atoms with Gasteiger partial charge in [-0.1, -0.05) is 0 Å². The Balaban J connectivity index is 2.23. The average molecular weight is 353 g/mol. The molecule has 0 saturated heterocycles. The van der Waals surface area contributed by atoms with Crippen molar-refractivity contribution in [2.75, 3.05) is 13.1 Å². The highest BCUT2D eigenvalue weighted by atomic mass is 79.9. The number of rotatable bonds is 4. The monoisotopic (exact) mass is 352 g/mol. The van der Waals surface area contributed by atoms with Crippen LogP contribution < -0.4 is 10.6 Å². The standard InChI is InChI=1S/C14H17BrN4O2/c1-8-6-11(15)7-19-12(9(2)18-13(8)19)14(21)17-5-4-16-10(3)20/h6-7H,4-5H2,1-3H3,(H,16,20)(H,17,21). The molecule has 0 radical (unpaired) electrons. The highest BCUT2D eigenvalue weighted by Gasteiger charge is 2.17. The number of carbonyl (C=O) groups excluding carboxylic acids is 2. The van der Waals surface area contributed by atoms with Crippen LogP contribution in [0.25, 0.3) is 5.65 Å². The van der Waals surface area contributed by atoms with Crippen molar-refractivity contribution in [2.24, 2.45) is 0 Å². The number of nitrogens with zero attached hydrogens (tertiary/aromatic N) is 2. The molecule has 0 aromatic carbocycles. The van der Waals surface area contributed by atoms with Crippen molar-refractivity contribution < 1.29 is 9.59 Å². The summed E-state index contributed by atoms with van der Waals surface area (Å²) in [5.74, 6) is -0.322. The Labute approximate surface area is 131 Å². The summed E-state index contributed by atoms with van der Waals surface area (Å²) in [4.78, 5) is 27.5. The number of amides is 2. The van der Waals surface area contributed by atoms with Gasteiger partial charge in [-0.3, -0.25) is 14.0 Å². The summed E-state index contributed by atoms with van der Waals surface area (Å²) in [5.41, 5.74) is 2.94. The van der Waals surface area contributed by atoms with Gasteiger partial charge >= 0.3 is 0 Å². The van der Waals surface area contributed by atoms with Gasteiger partial charge in [-0.25, -0.2) is 4.98 Å². The van der Waals surface area contributed by atoms with Crippen LogP contribution in [-0.4, -0.2) is 34.3 Å². The lowest BCUT2D eigenvalue weighted by Gasteiger charge is -2.07. The SMILES string of the molecule is CC(=O)NCCNC(=O)c1c(C)nc2c(C)cc(Br)cn12. The molecule has 0 unspecified atom stereocenters. The predicted molar refractivity (Wildman–Crippen MR) is 83.4 cm³/mol. The number of halogens is 1. The van der Waals surface area contributed by atoms with E-state index >= 15 is 0 Å². The second-order valence-electron chi connectivity index (χ2n) is 4.82. The van der Waals surface area contributed by atoms with Crippen LogP contribution in [0.5, 0.6) is 0 Å². The normalized spacial score (nSPS) is 10.7. The van der Waals surface area contributed by atoms with Crippen LogP contribution in [0.3, 0.4) is 0 Å². The van der Waals surface area contributed by atoms with Gasteiger partial charge in [0.2, 0.25) is 5.91 Å². The van der Waals surface area contributed by atoms with Crippen LogP contribution in [0.4, 0.5) is 0 Å². The zero-order valence-electron chi connectivity index (χ0n) is 12.2. The van der Waals surface area contributed by atoms with Gasteiger partial charge in [-0.2, -0.15) is 0 Å². The van der Waals surface area contributed by atoms with Gasteiger partial charge in [0, 0.05) is 30.7 Å². The summed E-state index contributed by atoms with van der Waals surface area (Å²) in [7, 11) is 0. The van der Waals surface area contributed by atoms with Gasteiger partial charge in [-0.05, 0) is 41.4 Å². The molecule has 0 spiro atoms. The molecule has 0 bridgehead atoms. The van der Waals surface area contributed by atoms with Crippen molar-refractivity contribution in [1.29, 1.82) is 0 Å². The Bertz CT molecular complexity index is 709. The van der Waals surface area contributed by atoms with E-state index in [1.54, 1.807) is 4.40 Å². The largest absolute Gasteiger partial charge is 0.355 e. The molecule has 21 heavy (non-hydrogen) atoms. The van der Waals surface area contributed by atoms with Crippen LogP contribution in [0, 0.1) is 13.8 Å². The smallest absolute Gasteiger partial charge is 0.270 e. The third-order valence-corrected chi connectivity index (χ3v) is 3.48. The summed E-state index contributed by atoms with van der Waals surface area (Å²) >= 11 is 3.43. The zero-order valence-corrected chi connectivity index (χ0v) is 13.7. The fourth-order valence-corrected chi connectivity index (χ4v) is 2.70. The molecule has 2 amide bonds. The van der Waals surface area contributed by atoms with Crippen LogP contribution in [0.1, 0.15) is 28.7 Å². The van der Waals surface area contributed by atoms with Crippen molar-refractivity contribution in [3.05, 3.63) is 33.7 Å². The lowest BCUT2D eigenvalue weighted by molar-refractivity contribution is -0.118. The van der Waals surface area contributed by atoms with E-state index in [2.05, 4.69) is 31.5 Å². The Morgan fingerprint density at radius 1 is 1.29 bits per heavy atom. The van der Waals surface area contributed by atoms with E-state index in [1.165, 1.54) is 6.92 Å². The van der Waals surface area contributed by atoms with Gasteiger partial charge in [0.05, 0.1) is 5.69 Å². The fraction of sp³-hybridized carbons (Fsp3) is 0.357. The second kappa shape index (κ2) is 6.26. The van der Waals surface area contributed by atoms with Crippen molar-refractivity contribution >= 4 is 33.4 Å². The van der Waals surface area contributed by atoms with Crippen molar-refractivity contribution in [3.8, 4) is 0 Å². The molecular formula is C14H17BrN4O2. The summed E-state index contributed by atoms with van der Waals surface area (Å²) < 4.78 is 2.67. The van der Waals surface area contributed by atoms with Crippen LogP contribution in [0.2, 0.25) is 0 Å². The number of pyridine rings is 1. The summed E-state index contributed by atoms with van der Waals surface area (Å²) in [6, 6.07) is 1.96. The summed E-state index contributed by atoms with van der Waals surface area (Å²) in [5, 5.41) is 5.42. The van der Waals surface area contributed by atoms with Crippen LogP contribution >= 0.6 is 15.9 Å². The van der Waals surface area contributed by atoms with Crippen LogP contribution in [-0.2, 0) is 4.79 Å². The molecule has 2 aromatic rings. The third kappa shape index (κ3) is 3.41. The third-order valence-electron chi connectivity index (χ3n) is 3.04. The lowest BCUT2D eigenvalue weighted by Crippen LogP contribution is -2.34. The lowest BCUT2D eigenvalue weighted by atomic mass is 10.3. The molecule has 0 aliphatic rings. The molecule has 0 aliphatic heterocycles. The minimum Gasteiger partial charge on any atom is -0.355 e. The first-order valence-electron chi connectivity index (χ1n) is 6.57. The molecule has 2 heterocycles. The van der Waals surface area contributed by atoms with Gasteiger partial charge in [0.1, 0.15) is 11.3 Å². The van der Waals surface area contributed by atoms with E-state index in [0.717, 1.165) is 15.7 Å². The van der Waals surface area contributed by atoms with E-state index in [-0.39, 0.29) is 11.8 Å². The minimum atomic E-state index is -0.206. The molecule has 2 N–H and O–H groups in total. The van der Waals surface area contributed by atoms with Gasteiger partial charge < -0.3 is 10.6 Å². The quantitative estimate of drug-likeness (QED) is 0.820. The van der Waals surface area contributed by atoms with E-state index in [0.29, 0.717) is 24.5 Å². The van der Waals surface area contributed by atoms with E-state index in [9.17, 15) is 9.59 Å².